The first-order valence-electron chi connectivity index (χ1n) is 5.88. The fourth-order valence-electron chi connectivity index (χ4n) is 1.74. The van der Waals surface area contributed by atoms with E-state index < -0.39 is 0 Å². The number of aryl methyl sites for hydroxylation is 1. The molecule has 2 aromatic carbocycles. The number of hydrogen-bond donors (Lipinski definition) is 2. The summed E-state index contributed by atoms with van der Waals surface area (Å²) in [6.07, 6.45) is 0. The van der Waals surface area contributed by atoms with Gasteiger partial charge >= 0.3 is 0 Å². The summed E-state index contributed by atoms with van der Waals surface area (Å²) in [6.45, 7) is 1.91. The van der Waals surface area contributed by atoms with Gasteiger partial charge in [0.15, 0.2) is 0 Å². The van der Waals surface area contributed by atoms with Crippen LogP contribution in [0.4, 0.5) is 11.4 Å². The van der Waals surface area contributed by atoms with Crippen LogP contribution in [0, 0.1) is 18.3 Å². The number of nitrogens with one attached hydrogen (secondary N) is 1. The normalized spacial score (nSPS) is 9.85. The number of halogens is 1. The van der Waals surface area contributed by atoms with Crippen LogP contribution in [0.5, 0.6) is 0 Å². The molecule has 0 spiro atoms. The van der Waals surface area contributed by atoms with Crippen LogP contribution >= 0.6 is 15.9 Å². The molecule has 1 amide bonds. The number of nitrogen functional groups attached to an aromatic ring is 1. The second-order valence-electron chi connectivity index (χ2n) is 4.33. The number of nitriles is 1. The molecule has 4 nitrogen and oxygen atoms in total. The van der Waals surface area contributed by atoms with Crippen LogP contribution in [0.3, 0.4) is 0 Å². The van der Waals surface area contributed by atoms with Gasteiger partial charge in [0.1, 0.15) is 6.07 Å². The molecule has 100 valence electrons. The predicted molar refractivity (Wildman–Crippen MR) is 82.4 cm³/mol. The predicted octanol–water partition coefficient (Wildman–Crippen LogP) is 3.46. The third kappa shape index (κ3) is 2.98. The maximum absolute atomic E-state index is 12.2. The zero-order valence-electron chi connectivity index (χ0n) is 10.8. The maximum atomic E-state index is 12.2. The van der Waals surface area contributed by atoms with Crippen LogP contribution in [0.2, 0.25) is 0 Å². The monoisotopic (exact) mass is 329 g/mol. The third-order valence-corrected chi connectivity index (χ3v) is 3.72. The van der Waals surface area contributed by atoms with Crippen molar-refractivity contribution in [3.63, 3.8) is 0 Å². The van der Waals surface area contributed by atoms with Crippen molar-refractivity contribution < 1.29 is 4.79 Å². The zero-order chi connectivity index (χ0) is 14.7. The van der Waals surface area contributed by atoms with Gasteiger partial charge in [-0.15, -0.1) is 0 Å². The van der Waals surface area contributed by atoms with E-state index in [4.69, 9.17) is 11.0 Å². The van der Waals surface area contributed by atoms with Crippen LogP contribution in [-0.4, -0.2) is 5.91 Å². The standard InChI is InChI=1S/C15H12BrN3O/c1-9-6-10(2-4-13(9)16)15(20)19-14-5-3-12(18)7-11(14)8-17/h2-7H,18H2,1H3,(H,19,20). The summed E-state index contributed by atoms with van der Waals surface area (Å²) in [5.74, 6) is -0.262. The van der Waals surface area contributed by atoms with Crippen LogP contribution in [0.1, 0.15) is 21.5 Å². The van der Waals surface area contributed by atoms with Crippen LogP contribution < -0.4 is 11.1 Å². The number of amides is 1. The van der Waals surface area contributed by atoms with E-state index in [-0.39, 0.29) is 5.91 Å². The third-order valence-electron chi connectivity index (χ3n) is 2.83. The van der Waals surface area contributed by atoms with E-state index in [2.05, 4.69) is 21.2 Å². The number of anilines is 2. The fourth-order valence-corrected chi connectivity index (χ4v) is 1.99. The molecule has 5 heteroatoms. The van der Waals surface area contributed by atoms with Crippen molar-refractivity contribution in [3.05, 3.63) is 57.6 Å². The van der Waals surface area contributed by atoms with Crippen molar-refractivity contribution in [3.8, 4) is 6.07 Å². The Bertz CT molecular complexity index is 720. The largest absolute Gasteiger partial charge is 0.399 e. The average molecular weight is 330 g/mol. The lowest BCUT2D eigenvalue weighted by molar-refractivity contribution is 0.102. The van der Waals surface area contributed by atoms with Gasteiger partial charge in [-0.2, -0.15) is 5.26 Å². The molecule has 0 heterocycles. The summed E-state index contributed by atoms with van der Waals surface area (Å²) < 4.78 is 0.944. The summed E-state index contributed by atoms with van der Waals surface area (Å²) in [5.41, 5.74) is 8.39. The molecule has 0 radical (unpaired) electrons. The summed E-state index contributed by atoms with van der Waals surface area (Å²) in [6, 6.07) is 12.1. The molecular weight excluding hydrogens is 318 g/mol. The van der Waals surface area contributed by atoms with E-state index in [0.717, 1.165) is 10.0 Å². The number of rotatable bonds is 2. The van der Waals surface area contributed by atoms with Crippen molar-refractivity contribution in [2.75, 3.05) is 11.1 Å². The Balaban J connectivity index is 2.28. The molecule has 3 N–H and O–H groups in total. The van der Waals surface area contributed by atoms with Crippen LogP contribution in [0.25, 0.3) is 0 Å². The van der Waals surface area contributed by atoms with Crippen LogP contribution in [0.15, 0.2) is 40.9 Å². The Morgan fingerprint density at radius 2 is 2.05 bits per heavy atom. The Morgan fingerprint density at radius 3 is 2.70 bits per heavy atom. The van der Waals surface area contributed by atoms with Gasteiger partial charge in [-0.3, -0.25) is 4.79 Å². The van der Waals surface area contributed by atoms with Gasteiger partial charge < -0.3 is 11.1 Å². The lowest BCUT2D eigenvalue weighted by Crippen LogP contribution is -2.13. The number of carbonyl (C=O) groups excluding carboxylic acids is 1. The highest BCUT2D eigenvalue weighted by Gasteiger charge is 2.10. The SMILES string of the molecule is Cc1cc(C(=O)Nc2ccc(N)cc2C#N)ccc1Br. The highest BCUT2D eigenvalue weighted by Crippen LogP contribution is 2.21. The van der Waals surface area contributed by atoms with Crippen molar-refractivity contribution in [2.45, 2.75) is 6.92 Å². The first kappa shape index (κ1) is 14.1. The fraction of sp³-hybridized carbons (Fsp3) is 0.0667. The van der Waals surface area contributed by atoms with Gasteiger partial charge in [0.05, 0.1) is 11.3 Å². The molecule has 0 saturated carbocycles. The highest BCUT2D eigenvalue weighted by atomic mass is 79.9. The summed E-state index contributed by atoms with van der Waals surface area (Å²) >= 11 is 3.39. The van der Waals surface area contributed by atoms with E-state index >= 15 is 0 Å². The van der Waals surface area contributed by atoms with Gasteiger partial charge in [-0.25, -0.2) is 0 Å². The minimum Gasteiger partial charge on any atom is -0.399 e. The minimum absolute atomic E-state index is 0.262. The number of benzene rings is 2. The van der Waals surface area contributed by atoms with Crippen molar-refractivity contribution >= 4 is 33.2 Å². The smallest absolute Gasteiger partial charge is 0.255 e. The molecule has 0 aliphatic rings. The molecule has 0 bridgehead atoms. The second-order valence-corrected chi connectivity index (χ2v) is 5.19. The minimum atomic E-state index is -0.262. The quantitative estimate of drug-likeness (QED) is 0.828. The van der Waals surface area contributed by atoms with Gasteiger partial charge in [0.2, 0.25) is 0 Å². The van der Waals surface area contributed by atoms with E-state index in [1.165, 1.54) is 6.07 Å². The van der Waals surface area contributed by atoms with Crippen molar-refractivity contribution in [2.24, 2.45) is 0 Å². The number of carbonyl (C=O) groups is 1. The Kier molecular flexibility index (Phi) is 4.06. The summed E-state index contributed by atoms with van der Waals surface area (Å²) in [5, 5.41) is 11.8. The lowest BCUT2D eigenvalue weighted by atomic mass is 10.1. The topological polar surface area (TPSA) is 78.9 Å². The molecule has 0 unspecified atom stereocenters. The average Bonchev–Trinajstić information content (AvgIpc) is 2.43. The lowest BCUT2D eigenvalue weighted by Gasteiger charge is -2.08. The van der Waals surface area contributed by atoms with Crippen LogP contribution in [-0.2, 0) is 0 Å². The second kappa shape index (κ2) is 5.76. The molecule has 0 aromatic heterocycles. The Hall–Kier alpha value is -2.32. The zero-order valence-corrected chi connectivity index (χ0v) is 12.4. The molecule has 0 saturated heterocycles. The number of nitrogens with zero attached hydrogens (tertiary/aromatic N) is 1. The molecule has 2 aromatic rings. The number of nitrogens with two attached hydrogens (primary N) is 1. The van der Waals surface area contributed by atoms with E-state index in [0.29, 0.717) is 22.5 Å². The highest BCUT2D eigenvalue weighted by molar-refractivity contribution is 9.10. The first-order chi connectivity index (χ1) is 9.51. The molecular formula is C15H12BrN3O. The Morgan fingerprint density at radius 1 is 1.30 bits per heavy atom. The van der Waals surface area contributed by atoms with E-state index in [1.807, 2.05) is 19.1 Å². The van der Waals surface area contributed by atoms with E-state index in [1.54, 1.807) is 24.3 Å². The van der Waals surface area contributed by atoms with Gasteiger partial charge in [-0.1, -0.05) is 15.9 Å². The molecule has 0 atom stereocenters. The molecule has 0 fully saturated rings. The van der Waals surface area contributed by atoms with Gasteiger partial charge in [0, 0.05) is 15.7 Å². The first-order valence-corrected chi connectivity index (χ1v) is 6.67. The molecule has 0 aliphatic carbocycles. The van der Waals surface area contributed by atoms with Crippen molar-refractivity contribution in [1.29, 1.82) is 5.26 Å². The van der Waals surface area contributed by atoms with Crippen molar-refractivity contribution in [1.82, 2.24) is 0 Å². The van der Waals surface area contributed by atoms with E-state index in [9.17, 15) is 4.79 Å². The molecule has 2 rings (SSSR count). The van der Waals surface area contributed by atoms with Gasteiger partial charge in [0.25, 0.3) is 5.91 Å². The summed E-state index contributed by atoms with van der Waals surface area (Å²) in [4.78, 5) is 12.2. The molecule has 20 heavy (non-hydrogen) atoms. The number of hydrogen-bond acceptors (Lipinski definition) is 3. The summed E-state index contributed by atoms with van der Waals surface area (Å²) in [7, 11) is 0. The molecule has 0 aliphatic heterocycles. The maximum Gasteiger partial charge on any atom is 0.255 e. The Labute approximate surface area is 125 Å². The van der Waals surface area contributed by atoms with Gasteiger partial charge in [-0.05, 0) is 48.9 Å².